The smallest absolute Gasteiger partial charge is 0.244 e. The molecule has 2 amide bonds. The zero-order valence-electron chi connectivity index (χ0n) is 20.5. The van der Waals surface area contributed by atoms with Crippen molar-refractivity contribution in [1.29, 1.82) is 0 Å². The van der Waals surface area contributed by atoms with Gasteiger partial charge in [0.25, 0.3) is 0 Å². The number of benzene rings is 2. The molecule has 0 radical (unpaired) electrons. The zero-order chi connectivity index (χ0) is 26.7. The van der Waals surface area contributed by atoms with Crippen molar-refractivity contribution < 1.29 is 18.0 Å². The summed E-state index contributed by atoms with van der Waals surface area (Å²) in [6.45, 7) is 8.42. The maximum absolute atomic E-state index is 13.6. The van der Waals surface area contributed by atoms with E-state index >= 15 is 0 Å². The van der Waals surface area contributed by atoms with Gasteiger partial charge in [-0.2, -0.15) is 0 Å². The van der Waals surface area contributed by atoms with Crippen molar-refractivity contribution in [2.24, 2.45) is 0 Å². The van der Waals surface area contributed by atoms with Crippen LogP contribution in [0.4, 0.5) is 5.69 Å². The van der Waals surface area contributed by atoms with Crippen LogP contribution in [-0.2, 0) is 26.2 Å². The highest BCUT2D eigenvalue weighted by molar-refractivity contribution is 9.10. The third-order valence-electron chi connectivity index (χ3n) is 5.13. The van der Waals surface area contributed by atoms with Gasteiger partial charge in [-0.1, -0.05) is 45.2 Å². The van der Waals surface area contributed by atoms with Gasteiger partial charge in [-0.05, 0) is 76.1 Å². The summed E-state index contributed by atoms with van der Waals surface area (Å²) in [6, 6.07) is 8.97. The molecule has 0 saturated heterocycles. The molecule has 192 valence electrons. The van der Waals surface area contributed by atoms with Gasteiger partial charge in [0, 0.05) is 26.6 Å². The summed E-state index contributed by atoms with van der Waals surface area (Å²) < 4.78 is 27.2. The molecule has 1 N–H and O–H groups in total. The van der Waals surface area contributed by atoms with E-state index in [4.69, 9.17) is 23.2 Å². The number of hydrogen-bond acceptors (Lipinski definition) is 4. The Balaban J connectivity index is 2.46. The Hall–Kier alpha value is -1.81. The first kappa shape index (κ1) is 29.4. The molecule has 35 heavy (non-hydrogen) atoms. The molecule has 0 aliphatic heterocycles. The Morgan fingerprint density at radius 1 is 1.11 bits per heavy atom. The second kappa shape index (κ2) is 11.5. The molecule has 0 bridgehead atoms. The first-order valence-corrected chi connectivity index (χ1v) is 14.2. The third-order valence-corrected chi connectivity index (χ3v) is 7.75. The zero-order valence-corrected chi connectivity index (χ0v) is 24.4. The molecule has 0 heterocycles. The highest BCUT2D eigenvalue weighted by Crippen LogP contribution is 2.26. The number of nitrogens with zero attached hydrogens (tertiary/aromatic N) is 2. The van der Waals surface area contributed by atoms with Gasteiger partial charge in [-0.3, -0.25) is 13.9 Å². The molecular weight excluding hydrogens is 577 g/mol. The monoisotopic (exact) mass is 605 g/mol. The van der Waals surface area contributed by atoms with Crippen molar-refractivity contribution in [3.8, 4) is 0 Å². The Labute approximate surface area is 225 Å². The second-order valence-electron chi connectivity index (χ2n) is 9.38. The molecule has 2 aromatic rings. The SMILES string of the molecule is Cc1cc(N(CC(=O)N(Cc2ccc(Cl)cc2Cl)C(C)C(=O)NC(C)(C)C)S(C)(=O)=O)ccc1Br. The predicted molar refractivity (Wildman–Crippen MR) is 145 cm³/mol. The minimum atomic E-state index is -3.81. The topological polar surface area (TPSA) is 86.8 Å². The van der Waals surface area contributed by atoms with Gasteiger partial charge in [-0.15, -0.1) is 0 Å². The third kappa shape index (κ3) is 8.37. The number of aryl methyl sites for hydroxylation is 1. The van der Waals surface area contributed by atoms with Gasteiger partial charge in [0.15, 0.2) is 0 Å². The first-order valence-electron chi connectivity index (χ1n) is 10.8. The summed E-state index contributed by atoms with van der Waals surface area (Å²) in [5.41, 5.74) is 1.21. The van der Waals surface area contributed by atoms with E-state index < -0.39 is 34.1 Å². The minimum Gasteiger partial charge on any atom is -0.350 e. The molecule has 0 aromatic heterocycles. The molecule has 0 spiro atoms. The van der Waals surface area contributed by atoms with E-state index in [-0.39, 0.29) is 12.5 Å². The van der Waals surface area contributed by atoms with Gasteiger partial charge in [0.05, 0.1) is 11.9 Å². The van der Waals surface area contributed by atoms with Crippen molar-refractivity contribution in [1.82, 2.24) is 10.2 Å². The highest BCUT2D eigenvalue weighted by Gasteiger charge is 2.31. The van der Waals surface area contributed by atoms with Crippen LogP contribution in [0.5, 0.6) is 0 Å². The number of sulfonamides is 1. The van der Waals surface area contributed by atoms with E-state index in [1.807, 2.05) is 27.7 Å². The molecular formula is C24H30BrCl2N3O4S. The van der Waals surface area contributed by atoms with Crippen LogP contribution in [0.1, 0.15) is 38.8 Å². The van der Waals surface area contributed by atoms with Crippen molar-refractivity contribution in [2.45, 2.75) is 52.7 Å². The normalized spacial score (nSPS) is 12.7. The highest BCUT2D eigenvalue weighted by atomic mass is 79.9. The van der Waals surface area contributed by atoms with Gasteiger partial charge in [0.2, 0.25) is 21.8 Å². The van der Waals surface area contributed by atoms with Crippen LogP contribution < -0.4 is 9.62 Å². The van der Waals surface area contributed by atoms with Crippen molar-refractivity contribution in [3.05, 3.63) is 62.0 Å². The molecule has 0 saturated carbocycles. The van der Waals surface area contributed by atoms with E-state index in [0.717, 1.165) is 20.6 Å². The Morgan fingerprint density at radius 2 is 1.74 bits per heavy atom. The van der Waals surface area contributed by atoms with Gasteiger partial charge in [0.1, 0.15) is 12.6 Å². The average molecular weight is 607 g/mol. The van der Waals surface area contributed by atoms with Crippen LogP contribution in [0.15, 0.2) is 40.9 Å². The lowest BCUT2D eigenvalue weighted by atomic mass is 10.1. The second-order valence-corrected chi connectivity index (χ2v) is 13.0. The fraction of sp³-hybridized carbons (Fsp3) is 0.417. The summed E-state index contributed by atoms with van der Waals surface area (Å²) in [6.07, 6.45) is 1.04. The van der Waals surface area contributed by atoms with Crippen molar-refractivity contribution in [2.75, 3.05) is 17.1 Å². The minimum absolute atomic E-state index is 0.00939. The number of nitrogens with one attached hydrogen (secondary N) is 1. The molecule has 11 heteroatoms. The summed E-state index contributed by atoms with van der Waals surface area (Å²) in [4.78, 5) is 27.9. The first-order chi connectivity index (χ1) is 16.0. The summed E-state index contributed by atoms with van der Waals surface area (Å²) >= 11 is 15.7. The van der Waals surface area contributed by atoms with Crippen LogP contribution in [0, 0.1) is 6.92 Å². The molecule has 7 nitrogen and oxygen atoms in total. The fourth-order valence-corrected chi connectivity index (χ4v) is 4.84. The molecule has 0 fully saturated rings. The van der Waals surface area contributed by atoms with E-state index in [0.29, 0.717) is 21.3 Å². The molecule has 2 rings (SSSR count). The largest absolute Gasteiger partial charge is 0.350 e. The number of carbonyl (C=O) groups is 2. The maximum Gasteiger partial charge on any atom is 0.244 e. The van der Waals surface area contributed by atoms with Gasteiger partial charge < -0.3 is 10.2 Å². The molecule has 0 aliphatic carbocycles. The Bertz CT molecular complexity index is 1220. The van der Waals surface area contributed by atoms with E-state index in [9.17, 15) is 18.0 Å². The molecule has 1 atom stereocenters. The molecule has 0 aliphatic rings. The van der Waals surface area contributed by atoms with E-state index in [1.54, 1.807) is 43.3 Å². The lowest BCUT2D eigenvalue weighted by molar-refractivity contribution is -0.140. The maximum atomic E-state index is 13.6. The van der Waals surface area contributed by atoms with Crippen LogP contribution in [0.25, 0.3) is 0 Å². The summed E-state index contributed by atoms with van der Waals surface area (Å²) in [5.74, 6) is -0.931. The number of anilines is 1. The number of amides is 2. The van der Waals surface area contributed by atoms with Gasteiger partial charge >= 0.3 is 0 Å². The molecule has 1 unspecified atom stereocenters. The van der Waals surface area contributed by atoms with Crippen molar-refractivity contribution in [3.63, 3.8) is 0 Å². The van der Waals surface area contributed by atoms with Crippen LogP contribution in [-0.4, -0.2) is 49.5 Å². The number of halogens is 3. The Kier molecular flexibility index (Phi) is 9.66. The standard InChI is InChI=1S/C24H30BrCl2N3O4S/c1-15-11-19(9-10-20(15)25)30(35(6,33)34)14-22(31)29(16(2)23(32)28-24(3,4)5)13-17-7-8-18(26)12-21(17)27/h7-12,16H,13-14H2,1-6H3,(H,28,32). The number of rotatable bonds is 8. The van der Waals surface area contributed by atoms with Gasteiger partial charge in [-0.25, -0.2) is 8.42 Å². The Morgan fingerprint density at radius 3 is 2.26 bits per heavy atom. The predicted octanol–water partition coefficient (Wildman–Crippen LogP) is 5.16. The summed E-state index contributed by atoms with van der Waals surface area (Å²) in [7, 11) is -3.81. The van der Waals surface area contributed by atoms with Crippen LogP contribution >= 0.6 is 39.1 Å². The average Bonchev–Trinajstić information content (AvgIpc) is 2.71. The lowest BCUT2D eigenvalue weighted by Crippen LogP contribution is -2.54. The van der Waals surface area contributed by atoms with Crippen molar-refractivity contribution >= 4 is 66.7 Å². The number of carbonyl (C=O) groups excluding carboxylic acids is 2. The van der Waals surface area contributed by atoms with Crippen LogP contribution in [0.3, 0.4) is 0 Å². The summed E-state index contributed by atoms with van der Waals surface area (Å²) in [5, 5.41) is 3.64. The van der Waals surface area contributed by atoms with Crippen LogP contribution in [0.2, 0.25) is 10.0 Å². The van der Waals surface area contributed by atoms with E-state index in [1.165, 1.54) is 4.90 Å². The lowest BCUT2D eigenvalue weighted by Gasteiger charge is -2.33. The fourth-order valence-electron chi connectivity index (χ4n) is 3.29. The quantitative estimate of drug-likeness (QED) is 0.449. The molecule has 2 aromatic carbocycles. The van der Waals surface area contributed by atoms with E-state index in [2.05, 4.69) is 21.2 Å². The number of hydrogen-bond donors (Lipinski definition) is 1.